The lowest BCUT2D eigenvalue weighted by Gasteiger charge is -2.31. The topological polar surface area (TPSA) is 12.0 Å². The van der Waals surface area contributed by atoms with Crippen molar-refractivity contribution in [2.45, 2.75) is 43.7 Å². The minimum atomic E-state index is -4.66. The van der Waals surface area contributed by atoms with Crippen LogP contribution in [0.4, 0.5) is 17.6 Å². The monoisotopic (exact) mass is 321 g/mol. The van der Waals surface area contributed by atoms with Gasteiger partial charge in [-0.2, -0.15) is 24.9 Å². The predicted molar refractivity (Wildman–Crippen MR) is 77.9 cm³/mol. The van der Waals surface area contributed by atoms with Crippen molar-refractivity contribution in [2.24, 2.45) is 0 Å². The van der Waals surface area contributed by atoms with Gasteiger partial charge in [-0.3, -0.25) is 0 Å². The van der Waals surface area contributed by atoms with Crippen LogP contribution < -0.4 is 5.32 Å². The average molecular weight is 321 g/mol. The summed E-state index contributed by atoms with van der Waals surface area (Å²) in [6, 6.07) is 3.18. The number of thioether (sulfide) groups is 1. The lowest BCUT2D eigenvalue weighted by Crippen LogP contribution is -2.32. The second kappa shape index (κ2) is 7.01. The molecular formula is C15H19F4NS. The van der Waals surface area contributed by atoms with Gasteiger partial charge in [-0.1, -0.05) is 19.4 Å². The highest BCUT2D eigenvalue weighted by Crippen LogP contribution is 2.38. The number of hydrogen-bond donors (Lipinski definition) is 1. The second-order valence-corrected chi connectivity index (χ2v) is 6.52. The molecule has 0 radical (unpaired) electrons. The number of alkyl halides is 3. The maximum Gasteiger partial charge on any atom is 0.419 e. The van der Waals surface area contributed by atoms with E-state index in [1.54, 1.807) is 11.8 Å². The molecule has 2 rings (SSSR count). The molecule has 1 N–H and O–H groups in total. The normalized spacial score (nSPS) is 21.3. The molecule has 1 aromatic carbocycles. The van der Waals surface area contributed by atoms with Crippen LogP contribution in [0.25, 0.3) is 0 Å². The minimum absolute atomic E-state index is 0.165. The van der Waals surface area contributed by atoms with E-state index < -0.39 is 17.6 Å². The van der Waals surface area contributed by atoms with Crippen molar-refractivity contribution in [3.8, 4) is 0 Å². The van der Waals surface area contributed by atoms with E-state index in [4.69, 9.17) is 0 Å². The van der Waals surface area contributed by atoms with Gasteiger partial charge in [0.05, 0.1) is 5.56 Å². The third-order valence-corrected chi connectivity index (χ3v) is 5.13. The van der Waals surface area contributed by atoms with E-state index in [0.29, 0.717) is 12.1 Å². The Morgan fingerprint density at radius 1 is 1.33 bits per heavy atom. The minimum Gasteiger partial charge on any atom is -0.309 e. The standard InChI is InChI=1S/C15H19F4NS/c1-2-20-14(13-5-3-4-8-21-13)10-6-7-12(16)11(9-10)15(17,18)19/h6-7,9,13-14,20H,2-5,8H2,1H3. The van der Waals surface area contributed by atoms with Crippen LogP contribution in [-0.2, 0) is 6.18 Å². The third-order valence-electron chi connectivity index (χ3n) is 3.67. The summed E-state index contributed by atoms with van der Waals surface area (Å²) in [6.45, 7) is 2.59. The quantitative estimate of drug-likeness (QED) is 0.801. The van der Waals surface area contributed by atoms with Gasteiger partial charge in [-0.05, 0) is 42.8 Å². The van der Waals surface area contributed by atoms with Crippen molar-refractivity contribution in [2.75, 3.05) is 12.3 Å². The van der Waals surface area contributed by atoms with E-state index in [2.05, 4.69) is 5.32 Å². The fraction of sp³-hybridized carbons (Fsp3) is 0.600. The number of rotatable bonds is 4. The first-order valence-electron chi connectivity index (χ1n) is 7.15. The zero-order valence-electron chi connectivity index (χ0n) is 11.8. The van der Waals surface area contributed by atoms with E-state index in [1.165, 1.54) is 6.07 Å². The largest absolute Gasteiger partial charge is 0.419 e. The molecule has 6 heteroatoms. The summed E-state index contributed by atoms with van der Waals surface area (Å²) in [4.78, 5) is 0. The van der Waals surface area contributed by atoms with Crippen molar-refractivity contribution in [3.63, 3.8) is 0 Å². The average Bonchev–Trinajstić information content (AvgIpc) is 2.45. The highest BCUT2D eigenvalue weighted by atomic mass is 32.2. The number of halogens is 4. The first kappa shape index (κ1) is 16.6. The molecular weight excluding hydrogens is 302 g/mol. The van der Waals surface area contributed by atoms with Crippen LogP contribution >= 0.6 is 11.8 Å². The van der Waals surface area contributed by atoms with Crippen LogP contribution in [0.2, 0.25) is 0 Å². The predicted octanol–water partition coefficient (Wildman–Crippen LogP) is 4.78. The van der Waals surface area contributed by atoms with Gasteiger partial charge in [0.2, 0.25) is 0 Å². The highest BCUT2D eigenvalue weighted by molar-refractivity contribution is 8.00. The van der Waals surface area contributed by atoms with Gasteiger partial charge in [0.1, 0.15) is 5.82 Å². The van der Waals surface area contributed by atoms with Crippen molar-refractivity contribution in [3.05, 3.63) is 35.1 Å². The summed E-state index contributed by atoms with van der Waals surface area (Å²) < 4.78 is 52.0. The van der Waals surface area contributed by atoms with Crippen LogP contribution in [0.1, 0.15) is 43.4 Å². The molecule has 0 bridgehead atoms. The summed E-state index contributed by atoms with van der Waals surface area (Å²) in [5.74, 6) is -0.183. The van der Waals surface area contributed by atoms with Crippen LogP contribution in [0.15, 0.2) is 18.2 Å². The molecule has 0 amide bonds. The Morgan fingerprint density at radius 2 is 2.10 bits per heavy atom. The third kappa shape index (κ3) is 4.13. The maximum atomic E-state index is 13.4. The Balaban J connectivity index is 2.31. The fourth-order valence-corrected chi connectivity index (χ4v) is 4.12. The number of benzene rings is 1. The highest BCUT2D eigenvalue weighted by Gasteiger charge is 2.35. The van der Waals surface area contributed by atoms with Crippen LogP contribution in [-0.4, -0.2) is 17.5 Å². The zero-order valence-corrected chi connectivity index (χ0v) is 12.7. The SMILES string of the molecule is CCNC(c1ccc(F)c(C(F)(F)F)c1)C1CCCCS1. The Hall–Kier alpha value is -0.750. The molecule has 21 heavy (non-hydrogen) atoms. The maximum absolute atomic E-state index is 13.4. The Bertz CT molecular complexity index is 469. The second-order valence-electron chi connectivity index (χ2n) is 5.18. The molecule has 1 nitrogen and oxygen atoms in total. The van der Waals surface area contributed by atoms with E-state index in [9.17, 15) is 17.6 Å². The van der Waals surface area contributed by atoms with Crippen molar-refractivity contribution >= 4 is 11.8 Å². The molecule has 1 aliphatic rings. The number of nitrogens with one attached hydrogen (secondary N) is 1. The molecule has 1 aromatic rings. The van der Waals surface area contributed by atoms with Gasteiger partial charge < -0.3 is 5.32 Å². The van der Waals surface area contributed by atoms with Gasteiger partial charge >= 0.3 is 6.18 Å². The first-order chi connectivity index (χ1) is 9.93. The fourth-order valence-electron chi connectivity index (χ4n) is 2.67. The molecule has 1 heterocycles. The van der Waals surface area contributed by atoms with Crippen molar-refractivity contribution in [1.82, 2.24) is 5.32 Å². The molecule has 0 spiro atoms. The van der Waals surface area contributed by atoms with Gasteiger partial charge in [0.25, 0.3) is 0 Å². The summed E-state index contributed by atoms with van der Waals surface area (Å²) >= 11 is 1.79. The lowest BCUT2D eigenvalue weighted by molar-refractivity contribution is -0.140. The molecule has 2 unspecified atom stereocenters. The van der Waals surface area contributed by atoms with Crippen LogP contribution in [0.5, 0.6) is 0 Å². The zero-order chi connectivity index (χ0) is 15.5. The molecule has 1 fully saturated rings. The van der Waals surface area contributed by atoms with Crippen molar-refractivity contribution in [1.29, 1.82) is 0 Å². The molecule has 1 aliphatic heterocycles. The Labute approximate surface area is 126 Å². The van der Waals surface area contributed by atoms with Gasteiger partial charge in [0.15, 0.2) is 0 Å². The first-order valence-corrected chi connectivity index (χ1v) is 8.20. The van der Waals surface area contributed by atoms with E-state index in [0.717, 1.165) is 37.1 Å². The summed E-state index contributed by atoms with van der Waals surface area (Å²) in [7, 11) is 0. The molecule has 118 valence electrons. The van der Waals surface area contributed by atoms with Crippen molar-refractivity contribution < 1.29 is 17.6 Å². The van der Waals surface area contributed by atoms with Gasteiger partial charge in [-0.25, -0.2) is 4.39 Å². The molecule has 0 aromatic heterocycles. The molecule has 1 saturated heterocycles. The Kier molecular flexibility index (Phi) is 5.54. The summed E-state index contributed by atoms with van der Waals surface area (Å²) in [6.07, 6.45) is -1.44. The lowest BCUT2D eigenvalue weighted by atomic mass is 9.97. The summed E-state index contributed by atoms with van der Waals surface area (Å²) in [5, 5.41) is 3.50. The summed E-state index contributed by atoms with van der Waals surface area (Å²) in [5.41, 5.74) is -0.659. The molecule has 0 aliphatic carbocycles. The van der Waals surface area contributed by atoms with Crippen LogP contribution in [0.3, 0.4) is 0 Å². The molecule has 0 saturated carbocycles. The number of hydrogen-bond acceptors (Lipinski definition) is 2. The van der Waals surface area contributed by atoms with Crippen LogP contribution in [0, 0.1) is 5.82 Å². The van der Waals surface area contributed by atoms with Gasteiger partial charge in [0, 0.05) is 11.3 Å². The Morgan fingerprint density at radius 3 is 2.67 bits per heavy atom. The van der Waals surface area contributed by atoms with Gasteiger partial charge in [-0.15, -0.1) is 0 Å². The van der Waals surface area contributed by atoms with E-state index >= 15 is 0 Å². The van der Waals surface area contributed by atoms with E-state index in [1.807, 2.05) is 6.92 Å². The van der Waals surface area contributed by atoms with E-state index in [-0.39, 0.29) is 11.3 Å². The molecule has 2 atom stereocenters. The smallest absolute Gasteiger partial charge is 0.309 e.